The number of ether oxygens (including phenoxy) is 1. The number of allylic oxidation sites excluding steroid dienone is 6. The van der Waals surface area contributed by atoms with Crippen molar-refractivity contribution in [2.75, 3.05) is 19.6 Å². The summed E-state index contributed by atoms with van der Waals surface area (Å²) in [4.78, 5) is 18.9. The maximum atomic E-state index is 12.7. The van der Waals surface area contributed by atoms with Gasteiger partial charge in [0, 0.05) is 31.1 Å². The summed E-state index contributed by atoms with van der Waals surface area (Å²) < 4.78 is 5.84. The molecule has 0 aliphatic carbocycles. The van der Waals surface area contributed by atoms with Crippen molar-refractivity contribution in [3.05, 3.63) is 106 Å². The summed E-state index contributed by atoms with van der Waals surface area (Å²) in [6.45, 7) is 14.4. The Labute approximate surface area is 221 Å². The van der Waals surface area contributed by atoms with Gasteiger partial charge in [-0.3, -0.25) is 4.98 Å². The first-order valence-electron chi connectivity index (χ1n) is 12.9. The van der Waals surface area contributed by atoms with Gasteiger partial charge >= 0.3 is 6.03 Å². The zero-order valence-electron chi connectivity index (χ0n) is 23.0. The Kier molecular flexibility index (Phi) is 10.1. The molecule has 0 unspecified atom stereocenters. The van der Waals surface area contributed by atoms with Crippen LogP contribution in [0.25, 0.3) is 0 Å². The molecule has 196 valence electrons. The van der Waals surface area contributed by atoms with E-state index < -0.39 is 0 Å². The number of nitrogens with one attached hydrogen (secondary N) is 2. The molecule has 2 aliphatic heterocycles. The third-order valence-electron chi connectivity index (χ3n) is 6.04. The molecule has 2 aliphatic rings. The first-order chi connectivity index (χ1) is 17.7. The number of hydrogen-bond donors (Lipinski definition) is 2. The average molecular weight is 501 g/mol. The van der Waals surface area contributed by atoms with Gasteiger partial charge in [-0.05, 0) is 83.7 Å². The second-order valence-electron chi connectivity index (χ2n) is 9.94. The topological polar surface area (TPSA) is 66.5 Å². The number of benzene rings is 1. The molecular formula is C31H40N4O2. The van der Waals surface area contributed by atoms with E-state index in [1.54, 1.807) is 6.20 Å². The predicted octanol–water partition coefficient (Wildman–Crippen LogP) is 6.13. The lowest BCUT2D eigenvalue weighted by molar-refractivity contribution is 0.202. The van der Waals surface area contributed by atoms with Crippen LogP contribution < -0.4 is 15.4 Å². The molecule has 0 saturated heterocycles. The molecule has 0 fully saturated rings. The Bertz CT molecular complexity index is 1200. The molecule has 6 nitrogen and oxygen atoms in total. The highest BCUT2D eigenvalue weighted by atomic mass is 16.5. The quantitative estimate of drug-likeness (QED) is 0.495. The molecule has 0 saturated carbocycles. The normalized spacial score (nSPS) is 14.3. The summed E-state index contributed by atoms with van der Waals surface area (Å²) in [6.07, 6.45) is 11.5. The van der Waals surface area contributed by atoms with E-state index in [4.69, 9.17) is 4.74 Å². The SMILES string of the molecule is CC(C)=CC=C(C)C.Cc1ccc2c(c1)CCN(C(=O)NC1=CC=C(Oc3cccnc3C)NC1)CC2. The molecule has 2 aromatic rings. The molecule has 4 rings (SSSR count). The molecular weight excluding hydrogens is 460 g/mol. The molecule has 1 aromatic carbocycles. The fourth-order valence-electron chi connectivity index (χ4n) is 3.94. The molecule has 0 bridgehead atoms. The third kappa shape index (κ3) is 8.98. The van der Waals surface area contributed by atoms with E-state index in [0.717, 1.165) is 37.3 Å². The number of fused-ring (bicyclic) bond motifs is 1. The van der Waals surface area contributed by atoms with Crippen molar-refractivity contribution in [3.8, 4) is 5.75 Å². The molecule has 0 spiro atoms. The largest absolute Gasteiger partial charge is 0.440 e. The van der Waals surface area contributed by atoms with E-state index in [1.807, 2.05) is 36.1 Å². The van der Waals surface area contributed by atoms with Gasteiger partial charge in [-0.2, -0.15) is 0 Å². The Hall–Kier alpha value is -3.80. The first kappa shape index (κ1) is 27.8. The molecule has 6 heteroatoms. The highest BCUT2D eigenvalue weighted by Crippen LogP contribution is 2.19. The van der Waals surface area contributed by atoms with Gasteiger partial charge in [-0.15, -0.1) is 0 Å². The highest BCUT2D eigenvalue weighted by Gasteiger charge is 2.20. The number of hydrogen-bond acceptors (Lipinski definition) is 4. The highest BCUT2D eigenvalue weighted by molar-refractivity contribution is 5.76. The van der Waals surface area contributed by atoms with Crippen molar-refractivity contribution in [3.63, 3.8) is 0 Å². The van der Waals surface area contributed by atoms with E-state index in [-0.39, 0.29) is 6.03 Å². The Morgan fingerprint density at radius 1 is 1.00 bits per heavy atom. The minimum absolute atomic E-state index is 0.0524. The minimum Gasteiger partial charge on any atom is -0.440 e. The molecule has 1 aromatic heterocycles. The zero-order valence-corrected chi connectivity index (χ0v) is 23.0. The summed E-state index contributed by atoms with van der Waals surface area (Å²) in [6, 6.07) is 10.2. The third-order valence-corrected chi connectivity index (χ3v) is 6.04. The van der Waals surface area contributed by atoms with Crippen LogP contribution in [0.5, 0.6) is 5.75 Å². The van der Waals surface area contributed by atoms with Gasteiger partial charge in [0.1, 0.15) is 0 Å². The molecule has 0 atom stereocenters. The second-order valence-corrected chi connectivity index (χ2v) is 9.94. The van der Waals surface area contributed by atoms with E-state index in [2.05, 4.69) is 80.6 Å². The minimum atomic E-state index is -0.0524. The van der Waals surface area contributed by atoms with Crippen LogP contribution in [-0.2, 0) is 12.8 Å². The number of rotatable bonds is 4. The maximum absolute atomic E-state index is 12.7. The first-order valence-corrected chi connectivity index (χ1v) is 12.9. The van der Waals surface area contributed by atoms with Gasteiger partial charge < -0.3 is 20.3 Å². The van der Waals surface area contributed by atoms with Gasteiger partial charge in [-0.25, -0.2) is 4.79 Å². The Morgan fingerprint density at radius 3 is 2.32 bits per heavy atom. The van der Waals surface area contributed by atoms with Gasteiger partial charge in [0.25, 0.3) is 0 Å². The Morgan fingerprint density at radius 2 is 1.70 bits per heavy atom. The lowest BCUT2D eigenvalue weighted by Crippen LogP contribution is -2.43. The number of aromatic nitrogens is 1. The molecule has 0 radical (unpaired) electrons. The molecule has 3 heterocycles. The fraction of sp³-hybridized carbons (Fsp3) is 0.355. The van der Waals surface area contributed by atoms with Crippen molar-refractivity contribution in [2.24, 2.45) is 0 Å². The van der Waals surface area contributed by atoms with Crippen LogP contribution >= 0.6 is 0 Å². The van der Waals surface area contributed by atoms with Crippen LogP contribution in [-0.4, -0.2) is 35.5 Å². The van der Waals surface area contributed by atoms with Gasteiger partial charge in [0.05, 0.1) is 12.2 Å². The van der Waals surface area contributed by atoms with E-state index >= 15 is 0 Å². The van der Waals surface area contributed by atoms with Crippen LogP contribution in [0.4, 0.5) is 4.79 Å². The van der Waals surface area contributed by atoms with Crippen molar-refractivity contribution < 1.29 is 9.53 Å². The second kappa shape index (κ2) is 13.5. The molecule has 37 heavy (non-hydrogen) atoms. The van der Waals surface area contributed by atoms with Crippen LogP contribution in [0.3, 0.4) is 0 Å². The number of amides is 2. The molecule has 2 amide bonds. The summed E-state index contributed by atoms with van der Waals surface area (Å²) in [5.74, 6) is 1.35. The van der Waals surface area contributed by atoms with Crippen LogP contribution in [0, 0.1) is 13.8 Å². The average Bonchev–Trinajstić information content (AvgIpc) is 3.08. The molecule has 2 N–H and O–H groups in total. The van der Waals surface area contributed by atoms with Crippen molar-refractivity contribution in [1.82, 2.24) is 20.5 Å². The summed E-state index contributed by atoms with van der Waals surface area (Å²) >= 11 is 0. The van der Waals surface area contributed by atoms with E-state index in [1.165, 1.54) is 27.8 Å². The lowest BCUT2D eigenvalue weighted by atomic mass is 10.0. The number of urea groups is 1. The maximum Gasteiger partial charge on any atom is 0.321 e. The van der Waals surface area contributed by atoms with Gasteiger partial charge in [0.2, 0.25) is 0 Å². The smallest absolute Gasteiger partial charge is 0.321 e. The van der Waals surface area contributed by atoms with E-state index in [9.17, 15) is 4.79 Å². The summed E-state index contributed by atoms with van der Waals surface area (Å²) in [5, 5.41) is 6.22. The van der Waals surface area contributed by atoms with Crippen LogP contribution in [0.1, 0.15) is 50.1 Å². The van der Waals surface area contributed by atoms with Crippen LogP contribution in [0.15, 0.2) is 83.6 Å². The van der Waals surface area contributed by atoms with Gasteiger partial charge in [-0.1, -0.05) is 47.1 Å². The standard InChI is InChI=1S/C23H26N4O2.C8H14/c1-16-5-6-18-9-12-27(13-10-19(18)14-16)23(28)26-20-7-8-22(25-15-20)29-21-4-3-11-24-17(21)2;1-7(2)5-6-8(3)4/h3-8,11,14,25H,9-10,12-13,15H2,1-2H3,(H,26,28);5-6H,1-4H3. The van der Waals surface area contributed by atoms with E-state index in [0.29, 0.717) is 18.2 Å². The number of nitrogens with zero attached hydrogens (tertiary/aromatic N) is 2. The Balaban J connectivity index is 0.000000414. The zero-order chi connectivity index (χ0) is 26.8. The number of carbonyl (C=O) groups is 1. The van der Waals surface area contributed by atoms with Gasteiger partial charge in [0.15, 0.2) is 11.6 Å². The lowest BCUT2D eigenvalue weighted by Gasteiger charge is -2.23. The number of dihydropyridines is 1. The van der Waals surface area contributed by atoms with Crippen molar-refractivity contribution >= 4 is 6.03 Å². The number of aryl methyl sites for hydroxylation is 2. The fourth-order valence-corrected chi connectivity index (χ4v) is 3.94. The number of pyridine rings is 1. The summed E-state index contributed by atoms with van der Waals surface area (Å²) in [5.41, 5.74) is 8.33. The number of carbonyl (C=O) groups excluding carboxylic acids is 1. The van der Waals surface area contributed by atoms with Crippen molar-refractivity contribution in [2.45, 2.75) is 54.4 Å². The van der Waals surface area contributed by atoms with Crippen LogP contribution in [0.2, 0.25) is 0 Å². The predicted molar refractivity (Wildman–Crippen MR) is 151 cm³/mol. The summed E-state index contributed by atoms with van der Waals surface area (Å²) in [7, 11) is 0. The monoisotopic (exact) mass is 500 g/mol. The van der Waals surface area contributed by atoms with Crippen molar-refractivity contribution in [1.29, 1.82) is 0 Å².